The van der Waals surface area contributed by atoms with Crippen LogP contribution >= 0.6 is 15.9 Å². The van der Waals surface area contributed by atoms with Gasteiger partial charge in [0.25, 0.3) is 0 Å². The Morgan fingerprint density at radius 3 is 1.69 bits per heavy atom. The number of hydrogen-bond acceptors (Lipinski definition) is 6. The lowest BCUT2D eigenvalue weighted by Crippen LogP contribution is -2.41. The first kappa shape index (κ1) is 27.5. The van der Waals surface area contributed by atoms with Crippen LogP contribution in [-0.2, 0) is 18.8 Å². The molecule has 2 N–H and O–H groups in total. The molecule has 0 amide bonds. The van der Waals surface area contributed by atoms with E-state index >= 15 is 0 Å². The lowest BCUT2D eigenvalue weighted by Gasteiger charge is -2.32. The number of anilines is 2. The quantitative estimate of drug-likeness (QED) is 0.465. The Bertz CT molecular complexity index is 962. The lowest BCUT2D eigenvalue weighted by atomic mass is 9.79. The minimum atomic E-state index is -0.304. The summed E-state index contributed by atoms with van der Waals surface area (Å²) in [5, 5.41) is 7.11. The second-order valence-electron chi connectivity index (χ2n) is 10.8. The van der Waals surface area contributed by atoms with Crippen molar-refractivity contribution in [1.29, 1.82) is 0 Å². The molecule has 0 saturated carbocycles. The molecule has 6 nitrogen and oxygen atoms in total. The van der Waals surface area contributed by atoms with Crippen molar-refractivity contribution in [2.45, 2.75) is 76.7 Å². The van der Waals surface area contributed by atoms with Gasteiger partial charge in [0, 0.05) is 54.4 Å². The maximum absolute atomic E-state index is 6.13. The minimum Gasteiger partial charge on any atom is -0.399 e. The number of rotatable bonds is 5. The summed E-state index contributed by atoms with van der Waals surface area (Å²) in [5.74, 6) is 0. The summed E-state index contributed by atoms with van der Waals surface area (Å²) in [6.45, 7) is 11.8. The molecule has 2 aromatic rings. The fourth-order valence-electron chi connectivity index (χ4n) is 4.49. The first-order valence-corrected chi connectivity index (χ1v) is 13.9. The Balaban J connectivity index is 0.000000187. The fraction of sp³-hybridized carbons (Fsp3) is 0.571. The second kappa shape index (κ2) is 12.3. The van der Waals surface area contributed by atoms with E-state index in [9.17, 15) is 0 Å². The summed E-state index contributed by atoms with van der Waals surface area (Å²) in [7, 11) is -0.304. The van der Waals surface area contributed by atoms with Gasteiger partial charge in [-0.2, -0.15) is 0 Å². The molecule has 2 aromatic carbocycles. The van der Waals surface area contributed by atoms with Gasteiger partial charge in [-0.25, -0.2) is 0 Å². The predicted molar refractivity (Wildman–Crippen MR) is 151 cm³/mol. The van der Waals surface area contributed by atoms with Gasteiger partial charge in [-0.15, -0.1) is 0 Å². The van der Waals surface area contributed by atoms with E-state index in [-0.39, 0.29) is 18.3 Å². The van der Waals surface area contributed by atoms with Crippen molar-refractivity contribution in [2.75, 3.05) is 37.1 Å². The van der Waals surface area contributed by atoms with E-state index in [1.807, 2.05) is 12.1 Å². The van der Waals surface area contributed by atoms with E-state index in [0.29, 0.717) is 12.1 Å². The Morgan fingerprint density at radius 1 is 0.722 bits per heavy atom. The van der Waals surface area contributed by atoms with Gasteiger partial charge in [0.05, 0.1) is 11.2 Å². The van der Waals surface area contributed by atoms with E-state index in [0.717, 1.165) is 67.7 Å². The second-order valence-corrected chi connectivity index (χ2v) is 11.7. The van der Waals surface area contributed by atoms with Gasteiger partial charge >= 0.3 is 7.12 Å². The van der Waals surface area contributed by atoms with Crippen LogP contribution < -0.4 is 16.1 Å². The van der Waals surface area contributed by atoms with Gasteiger partial charge in [0.15, 0.2) is 0 Å². The normalized spacial score (nSPS) is 22.0. The number of halogens is 1. The van der Waals surface area contributed by atoms with Gasteiger partial charge in [-0.1, -0.05) is 34.1 Å². The summed E-state index contributed by atoms with van der Waals surface area (Å²) in [6, 6.07) is 17.7. The highest BCUT2D eigenvalue weighted by Gasteiger charge is 2.51. The average Bonchev–Trinajstić information content (AvgIpc) is 3.08. The zero-order valence-corrected chi connectivity index (χ0v) is 23.6. The monoisotopic (exact) mass is 558 g/mol. The molecule has 36 heavy (non-hydrogen) atoms. The standard InChI is InChI=1S/C17H26BNO3.C11H14BrNO/c1-16(2)17(3,4)22-18(21-16)13-6-5-7-15(12-13)19-14-8-10-20-11-9-14;12-9-2-1-3-11(8-9)13-10-4-6-14-7-5-10/h5-7,12,14,19H,8-11H2,1-4H3;1-3,8,10,13H,4-7H2. The minimum absolute atomic E-state index is 0.304. The van der Waals surface area contributed by atoms with Gasteiger partial charge in [-0.05, 0) is 89.2 Å². The number of benzene rings is 2. The molecule has 5 rings (SSSR count). The largest absolute Gasteiger partial charge is 0.494 e. The van der Waals surface area contributed by atoms with Crippen molar-refractivity contribution in [2.24, 2.45) is 0 Å². The lowest BCUT2D eigenvalue weighted by molar-refractivity contribution is 0.00578. The molecular formula is C28H40BBrN2O4. The summed E-state index contributed by atoms with van der Waals surface area (Å²) >= 11 is 3.46. The van der Waals surface area contributed by atoms with Gasteiger partial charge in [-0.3, -0.25) is 0 Å². The molecule has 3 aliphatic rings. The Kier molecular flexibility index (Phi) is 9.39. The molecule has 3 heterocycles. The Hall–Kier alpha value is -1.58. The third-order valence-corrected chi connectivity index (χ3v) is 7.91. The van der Waals surface area contributed by atoms with Crippen LogP contribution in [0.3, 0.4) is 0 Å². The fourth-order valence-corrected chi connectivity index (χ4v) is 4.89. The first-order valence-electron chi connectivity index (χ1n) is 13.1. The Labute approximate surface area is 225 Å². The summed E-state index contributed by atoms with van der Waals surface area (Å²) in [4.78, 5) is 0. The van der Waals surface area contributed by atoms with Crippen molar-refractivity contribution in [3.8, 4) is 0 Å². The van der Waals surface area contributed by atoms with Crippen LogP contribution in [0.1, 0.15) is 53.4 Å². The number of hydrogen-bond donors (Lipinski definition) is 2. The van der Waals surface area contributed by atoms with E-state index in [4.69, 9.17) is 18.8 Å². The molecule has 8 heteroatoms. The van der Waals surface area contributed by atoms with Crippen molar-refractivity contribution in [3.05, 3.63) is 53.0 Å². The Morgan fingerprint density at radius 2 is 1.19 bits per heavy atom. The van der Waals surface area contributed by atoms with E-state index < -0.39 is 0 Å². The zero-order chi connectivity index (χ0) is 25.6. The summed E-state index contributed by atoms with van der Waals surface area (Å²) < 4.78 is 24.1. The van der Waals surface area contributed by atoms with Crippen LogP contribution in [0.2, 0.25) is 0 Å². The molecule has 0 atom stereocenters. The molecule has 0 aliphatic carbocycles. The average molecular weight is 559 g/mol. The van der Waals surface area contributed by atoms with E-state index in [1.165, 1.54) is 5.69 Å². The van der Waals surface area contributed by atoms with E-state index in [2.05, 4.69) is 90.7 Å². The number of nitrogens with one attached hydrogen (secondary N) is 2. The summed E-state index contributed by atoms with van der Waals surface area (Å²) in [6.07, 6.45) is 4.32. The van der Waals surface area contributed by atoms with Crippen LogP contribution in [0, 0.1) is 0 Å². The van der Waals surface area contributed by atoms with Crippen LogP contribution in [0.4, 0.5) is 11.4 Å². The number of ether oxygens (including phenoxy) is 2. The van der Waals surface area contributed by atoms with Crippen LogP contribution in [0.25, 0.3) is 0 Å². The van der Waals surface area contributed by atoms with Crippen LogP contribution in [0.5, 0.6) is 0 Å². The van der Waals surface area contributed by atoms with Crippen LogP contribution in [0.15, 0.2) is 53.0 Å². The van der Waals surface area contributed by atoms with Crippen molar-refractivity contribution in [1.82, 2.24) is 0 Å². The van der Waals surface area contributed by atoms with Crippen molar-refractivity contribution >= 4 is 39.9 Å². The first-order chi connectivity index (χ1) is 17.2. The molecule has 0 spiro atoms. The maximum atomic E-state index is 6.13. The predicted octanol–water partition coefficient (Wildman–Crippen LogP) is 5.62. The van der Waals surface area contributed by atoms with Crippen molar-refractivity contribution in [3.63, 3.8) is 0 Å². The highest BCUT2D eigenvalue weighted by atomic mass is 79.9. The van der Waals surface area contributed by atoms with Gasteiger partial charge in [0.1, 0.15) is 0 Å². The van der Waals surface area contributed by atoms with Crippen LogP contribution in [-0.4, -0.2) is 56.8 Å². The molecule has 3 saturated heterocycles. The molecule has 196 valence electrons. The molecule has 0 radical (unpaired) electrons. The van der Waals surface area contributed by atoms with E-state index in [1.54, 1.807) is 0 Å². The highest BCUT2D eigenvalue weighted by Crippen LogP contribution is 2.36. The summed E-state index contributed by atoms with van der Waals surface area (Å²) in [5.41, 5.74) is 2.77. The third-order valence-electron chi connectivity index (χ3n) is 7.42. The van der Waals surface area contributed by atoms with Gasteiger partial charge in [0.2, 0.25) is 0 Å². The molecule has 0 bridgehead atoms. The molecular weight excluding hydrogens is 519 g/mol. The highest BCUT2D eigenvalue weighted by molar-refractivity contribution is 9.10. The van der Waals surface area contributed by atoms with Gasteiger partial charge < -0.3 is 29.4 Å². The topological polar surface area (TPSA) is 61.0 Å². The maximum Gasteiger partial charge on any atom is 0.494 e. The molecule has 3 aliphatic heterocycles. The molecule has 0 unspecified atom stereocenters. The van der Waals surface area contributed by atoms with Crippen molar-refractivity contribution < 1.29 is 18.8 Å². The smallest absolute Gasteiger partial charge is 0.399 e. The molecule has 3 fully saturated rings. The SMILES string of the molecule is Brc1cccc(NC2CCOCC2)c1.CC1(C)OB(c2cccc(NC3CCOCC3)c2)OC1(C)C. The zero-order valence-electron chi connectivity index (χ0n) is 22.0. The molecule has 0 aromatic heterocycles. The third kappa shape index (κ3) is 7.48.